The minimum absolute atomic E-state index is 0.0143. The number of carbonyl (C=O) groups excluding carboxylic acids is 3. The highest BCUT2D eigenvalue weighted by Crippen LogP contribution is 2.31. The maximum atomic E-state index is 13.4. The van der Waals surface area contributed by atoms with Gasteiger partial charge < -0.3 is 19.9 Å². The largest absolute Gasteiger partial charge is 0.465 e. The number of halogens is 3. The van der Waals surface area contributed by atoms with Gasteiger partial charge in [0, 0.05) is 31.4 Å². The summed E-state index contributed by atoms with van der Waals surface area (Å²) < 4.78 is 43.8. The van der Waals surface area contributed by atoms with Crippen LogP contribution < -0.4 is 5.32 Å². The SMILES string of the molecule is COC(=O)c1c(C(=O)N2CCN(C(=O)Nc3cccc(C(F)(F)F)c3)C(C)C2)nc(C)nc1C(C)C. The molecule has 0 spiro atoms. The number of rotatable bonds is 4. The summed E-state index contributed by atoms with van der Waals surface area (Å²) in [5.74, 6) is -1.04. The van der Waals surface area contributed by atoms with E-state index < -0.39 is 35.7 Å². The minimum atomic E-state index is -4.53. The number of alkyl halides is 3. The number of ether oxygens (including phenoxy) is 1. The molecule has 1 N–H and O–H groups in total. The van der Waals surface area contributed by atoms with Gasteiger partial charge in [-0.3, -0.25) is 4.79 Å². The zero-order chi connectivity index (χ0) is 26.8. The Hall–Kier alpha value is -3.70. The molecule has 0 saturated carbocycles. The van der Waals surface area contributed by atoms with Crippen molar-refractivity contribution in [1.82, 2.24) is 19.8 Å². The summed E-state index contributed by atoms with van der Waals surface area (Å²) in [6.45, 7) is 7.43. The molecule has 1 aromatic carbocycles. The first-order chi connectivity index (χ1) is 16.8. The number of methoxy groups -OCH3 is 1. The molecule has 36 heavy (non-hydrogen) atoms. The van der Waals surface area contributed by atoms with Gasteiger partial charge in [0.15, 0.2) is 0 Å². The highest BCUT2D eigenvalue weighted by molar-refractivity contribution is 6.04. The van der Waals surface area contributed by atoms with Gasteiger partial charge in [-0.15, -0.1) is 0 Å². The highest BCUT2D eigenvalue weighted by Gasteiger charge is 2.35. The minimum Gasteiger partial charge on any atom is -0.465 e. The number of nitrogens with zero attached hydrogens (tertiary/aromatic N) is 4. The third-order valence-electron chi connectivity index (χ3n) is 5.80. The Morgan fingerprint density at radius 3 is 2.44 bits per heavy atom. The molecule has 0 radical (unpaired) electrons. The molecule has 3 rings (SSSR count). The molecule has 1 aliphatic heterocycles. The lowest BCUT2D eigenvalue weighted by molar-refractivity contribution is -0.137. The van der Waals surface area contributed by atoms with E-state index in [0.717, 1.165) is 12.1 Å². The lowest BCUT2D eigenvalue weighted by Gasteiger charge is -2.39. The van der Waals surface area contributed by atoms with Gasteiger partial charge in [-0.05, 0) is 38.0 Å². The number of hydrogen-bond acceptors (Lipinski definition) is 6. The molecule has 2 heterocycles. The van der Waals surface area contributed by atoms with Crippen molar-refractivity contribution in [1.29, 1.82) is 0 Å². The van der Waals surface area contributed by atoms with Crippen LogP contribution in [-0.4, -0.2) is 70.5 Å². The second kappa shape index (κ2) is 10.5. The number of urea groups is 1. The van der Waals surface area contributed by atoms with Crippen LogP contribution in [0.5, 0.6) is 0 Å². The van der Waals surface area contributed by atoms with E-state index in [1.807, 2.05) is 13.8 Å². The van der Waals surface area contributed by atoms with Crippen molar-refractivity contribution in [2.24, 2.45) is 0 Å². The summed E-state index contributed by atoms with van der Waals surface area (Å²) in [4.78, 5) is 50.2. The van der Waals surface area contributed by atoms with E-state index in [-0.39, 0.29) is 42.5 Å². The van der Waals surface area contributed by atoms with Crippen LogP contribution in [0.2, 0.25) is 0 Å². The van der Waals surface area contributed by atoms with Gasteiger partial charge in [0.25, 0.3) is 5.91 Å². The van der Waals surface area contributed by atoms with Gasteiger partial charge in [0.1, 0.15) is 17.1 Å². The first kappa shape index (κ1) is 26.9. The predicted octanol–water partition coefficient (Wildman–Crippen LogP) is 4.09. The van der Waals surface area contributed by atoms with Crippen LogP contribution in [0.3, 0.4) is 0 Å². The van der Waals surface area contributed by atoms with Crippen LogP contribution >= 0.6 is 0 Å². The van der Waals surface area contributed by atoms with Gasteiger partial charge in [-0.25, -0.2) is 19.6 Å². The van der Waals surface area contributed by atoms with Crippen molar-refractivity contribution in [3.8, 4) is 0 Å². The number of aryl methyl sites for hydroxylation is 1. The van der Waals surface area contributed by atoms with Gasteiger partial charge >= 0.3 is 18.2 Å². The van der Waals surface area contributed by atoms with Crippen LogP contribution in [0.4, 0.5) is 23.7 Å². The lowest BCUT2D eigenvalue weighted by Crippen LogP contribution is -2.56. The summed E-state index contributed by atoms with van der Waals surface area (Å²) >= 11 is 0. The van der Waals surface area contributed by atoms with Gasteiger partial charge in [-0.2, -0.15) is 13.2 Å². The topological polar surface area (TPSA) is 105 Å². The van der Waals surface area contributed by atoms with E-state index in [1.54, 1.807) is 13.8 Å². The molecule has 12 heteroatoms. The number of nitrogens with one attached hydrogen (secondary N) is 1. The van der Waals surface area contributed by atoms with Crippen LogP contribution in [-0.2, 0) is 10.9 Å². The zero-order valence-corrected chi connectivity index (χ0v) is 20.6. The fraction of sp³-hybridized carbons (Fsp3) is 0.458. The van der Waals surface area contributed by atoms with Crippen LogP contribution in [0.15, 0.2) is 24.3 Å². The lowest BCUT2D eigenvalue weighted by atomic mass is 10.0. The molecule has 1 saturated heterocycles. The highest BCUT2D eigenvalue weighted by atomic mass is 19.4. The first-order valence-electron chi connectivity index (χ1n) is 11.3. The summed E-state index contributed by atoms with van der Waals surface area (Å²) in [5.41, 5.74) is -0.496. The Balaban J connectivity index is 1.78. The molecule has 0 aliphatic carbocycles. The molecule has 1 aliphatic rings. The Morgan fingerprint density at radius 2 is 1.86 bits per heavy atom. The van der Waals surface area contributed by atoms with Crippen molar-refractivity contribution in [3.63, 3.8) is 0 Å². The number of piperazine rings is 1. The Labute approximate surface area is 206 Å². The molecule has 1 unspecified atom stereocenters. The summed E-state index contributed by atoms with van der Waals surface area (Å²) in [7, 11) is 1.21. The Morgan fingerprint density at radius 1 is 1.17 bits per heavy atom. The first-order valence-corrected chi connectivity index (χ1v) is 11.3. The molecular weight excluding hydrogens is 479 g/mol. The second-order valence-electron chi connectivity index (χ2n) is 8.83. The monoisotopic (exact) mass is 507 g/mol. The van der Waals surface area contributed by atoms with Crippen LogP contribution in [0.1, 0.15) is 64.6 Å². The Bertz CT molecular complexity index is 1170. The number of carbonyl (C=O) groups is 3. The predicted molar refractivity (Wildman–Crippen MR) is 125 cm³/mol. The number of esters is 1. The number of amides is 3. The quantitative estimate of drug-likeness (QED) is 0.625. The second-order valence-corrected chi connectivity index (χ2v) is 8.83. The standard InChI is InChI=1S/C24H28F3N5O4/c1-13(2)19-18(22(34)36-5)20(29-15(4)28-19)21(33)31-9-10-32(14(3)12-31)23(35)30-17-8-6-7-16(11-17)24(25,26)27/h6-8,11,13-14H,9-10,12H2,1-5H3,(H,30,35). The number of aromatic nitrogens is 2. The van der Waals surface area contributed by atoms with Gasteiger partial charge in [0.2, 0.25) is 0 Å². The van der Waals surface area contributed by atoms with Crippen molar-refractivity contribution in [3.05, 3.63) is 52.6 Å². The summed E-state index contributed by atoms with van der Waals surface area (Å²) in [6, 6.07) is 3.33. The van der Waals surface area contributed by atoms with E-state index >= 15 is 0 Å². The number of benzene rings is 1. The van der Waals surface area contributed by atoms with Crippen molar-refractivity contribution < 1.29 is 32.3 Å². The average Bonchev–Trinajstić information content (AvgIpc) is 2.81. The molecule has 0 bridgehead atoms. The molecule has 9 nitrogen and oxygen atoms in total. The molecule has 1 aromatic heterocycles. The van der Waals surface area contributed by atoms with Crippen molar-refractivity contribution in [2.75, 3.05) is 32.1 Å². The third-order valence-corrected chi connectivity index (χ3v) is 5.80. The molecule has 3 amide bonds. The van der Waals surface area contributed by atoms with Crippen molar-refractivity contribution in [2.45, 2.75) is 45.8 Å². The maximum absolute atomic E-state index is 13.4. The van der Waals surface area contributed by atoms with Gasteiger partial charge in [-0.1, -0.05) is 19.9 Å². The molecule has 2 aromatic rings. The smallest absolute Gasteiger partial charge is 0.416 e. The molecule has 194 valence electrons. The number of hydrogen-bond donors (Lipinski definition) is 1. The summed E-state index contributed by atoms with van der Waals surface area (Å²) in [5, 5.41) is 2.49. The average molecular weight is 508 g/mol. The maximum Gasteiger partial charge on any atom is 0.416 e. The fourth-order valence-electron chi connectivity index (χ4n) is 4.03. The van der Waals surface area contributed by atoms with Crippen molar-refractivity contribution >= 4 is 23.6 Å². The van der Waals surface area contributed by atoms with E-state index in [1.165, 1.54) is 29.0 Å². The fourth-order valence-corrected chi connectivity index (χ4v) is 4.03. The van der Waals surface area contributed by atoms with E-state index in [4.69, 9.17) is 4.74 Å². The van der Waals surface area contributed by atoms with Crippen LogP contribution in [0, 0.1) is 6.92 Å². The zero-order valence-electron chi connectivity index (χ0n) is 20.6. The number of anilines is 1. The Kier molecular flexibility index (Phi) is 7.85. The van der Waals surface area contributed by atoms with E-state index in [0.29, 0.717) is 11.5 Å². The molecule has 1 atom stereocenters. The van der Waals surface area contributed by atoms with E-state index in [9.17, 15) is 27.6 Å². The van der Waals surface area contributed by atoms with Crippen LogP contribution in [0.25, 0.3) is 0 Å². The van der Waals surface area contributed by atoms with E-state index in [2.05, 4.69) is 15.3 Å². The normalized spacial score (nSPS) is 16.2. The summed E-state index contributed by atoms with van der Waals surface area (Å²) in [6.07, 6.45) is -4.53. The third kappa shape index (κ3) is 5.74. The molecule has 1 fully saturated rings. The molecular formula is C24H28F3N5O4. The van der Waals surface area contributed by atoms with Gasteiger partial charge in [0.05, 0.1) is 18.4 Å².